The largest absolute Gasteiger partial charge is 0.458 e. The molecule has 0 bridgehead atoms. The molecule has 190 valence electrons. The van der Waals surface area contributed by atoms with Gasteiger partial charge in [-0.1, -0.05) is 66.7 Å². The lowest BCUT2D eigenvalue weighted by atomic mass is 9.34. The molecule has 0 unspecified atom stereocenters. The number of rotatable bonds is 2. The van der Waals surface area contributed by atoms with E-state index in [1.54, 1.807) is 0 Å². The summed E-state index contributed by atoms with van der Waals surface area (Å²) in [5.41, 5.74) is 7.31. The number of hydrogen-bond donors (Lipinski definition) is 0. The average molecular weight is 524 g/mol. The highest BCUT2D eigenvalue weighted by Gasteiger charge is 2.40. The molecule has 7 aromatic rings. The minimum atomic E-state index is -0.0569. The minimum Gasteiger partial charge on any atom is -0.458 e. The number of pyridine rings is 2. The molecule has 2 aromatic heterocycles. The Hall–Kier alpha value is -5.42. The Balaban J connectivity index is 1.27. The van der Waals surface area contributed by atoms with Gasteiger partial charge in [0.15, 0.2) is 0 Å². The number of nitrogens with zero attached hydrogens (tertiary/aromatic N) is 2. The molecule has 0 amide bonds. The maximum Gasteiger partial charge on any atom is 0.260 e. The van der Waals surface area contributed by atoms with Crippen LogP contribution in [-0.4, -0.2) is 16.7 Å². The van der Waals surface area contributed by atoms with Gasteiger partial charge in [-0.25, -0.2) is 0 Å². The highest BCUT2D eigenvalue weighted by molar-refractivity contribution is 6.98. The molecule has 2 aliphatic rings. The SMILES string of the molecule is c1cc2c3c(c1)Oc1ccc(-c4nccc5ccccc45)cc1B3c1cc(-c3nccc4ccccc34)ccc1O2. The Morgan fingerprint density at radius 3 is 1.51 bits per heavy atom. The summed E-state index contributed by atoms with van der Waals surface area (Å²) in [6.45, 7) is -0.0569. The third-order valence-electron chi connectivity index (χ3n) is 8.29. The molecule has 4 nitrogen and oxygen atoms in total. The molecule has 41 heavy (non-hydrogen) atoms. The quantitative estimate of drug-likeness (QED) is 0.232. The lowest BCUT2D eigenvalue weighted by molar-refractivity contribution is 0.464. The molecule has 5 aromatic carbocycles. The predicted octanol–water partition coefficient (Wildman–Crippen LogP) is 6.84. The summed E-state index contributed by atoms with van der Waals surface area (Å²) in [7, 11) is 0. The maximum absolute atomic E-state index is 6.48. The third-order valence-corrected chi connectivity index (χ3v) is 8.29. The summed E-state index contributed by atoms with van der Waals surface area (Å²) in [5, 5.41) is 4.60. The summed E-state index contributed by atoms with van der Waals surface area (Å²) >= 11 is 0. The van der Waals surface area contributed by atoms with Crippen LogP contribution in [0.25, 0.3) is 44.1 Å². The fraction of sp³-hybridized carbons (Fsp3) is 0. The molecular weight excluding hydrogens is 503 g/mol. The van der Waals surface area contributed by atoms with Crippen LogP contribution in [0.2, 0.25) is 0 Å². The van der Waals surface area contributed by atoms with Crippen LogP contribution in [0.15, 0.2) is 128 Å². The van der Waals surface area contributed by atoms with Crippen molar-refractivity contribution in [2.45, 2.75) is 0 Å². The third kappa shape index (κ3) is 3.36. The molecule has 2 aliphatic heterocycles. The minimum absolute atomic E-state index is 0.0569. The Labute approximate surface area is 237 Å². The van der Waals surface area contributed by atoms with E-state index in [4.69, 9.17) is 19.4 Å². The highest BCUT2D eigenvalue weighted by Crippen LogP contribution is 2.37. The first kappa shape index (κ1) is 22.4. The fourth-order valence-corrected chi connectivity index (χ4v) is 6.43. The summed E-state index contributed by atoms with van der Waals surface area (Å²) < 4.78 is 13.0. The van der Waals surface area contributed by atoms with Crippen molar-refractivity contribution in [2.24, 2.45) is 0 Å². The fourth-order valence-electron chi connectivity index (χ4n) is 6.43. The van der Waals surface area contributed by atoms with Crippen molar-refractivity contribution in [1.82, 2.24) is 9.97 Å². The summed E-state index contributed by atoms with van der Waals surface area (Å²) in [6.07, 6.45) is 3.77. The van der Waals surface area contributed by atoms with Crippen molar-refractivity contribution >= 4 is 44.6 Å². The zero-order chi connectivity index (χ0) is 26.9. The first-order chi connectivity index (χ1) is 20.3. The molecule has 0 N–H and O–H groups in total. The maximum atomic E-state index is 6.48. The van der Waals surface area contributed by atoms with Gasteiger partial charge in [-0.2, -0.15) is 0 Å². The van der Waals surface area contributed by atoms with Crippen molar-refractivity contribution in [1.29, 1.82) is 0 Å². The van der Waals surface area contributed by atoms with Gasteiger partial charge < -0.3 is 9.47 Å². The first-order valence-electron chi connectivity index (χ1n) is 13.8. The lowest BCUT2D eigenvalue weighted by Crippen LogP contribution is -2.57. The van der Waals surface area contributed by atoms with E-state index in [0.717, 1.165) is 72.7 Å². The molecule has 0 spiro atoms. The molecule has 5 heteroatoms. The molecule has 4 heterocycles. The number of hydrogen-bond acceptors (Lipinski definition) is 4. The van der Waals surface area contributed by atoms with Crippen molar-refractivity contribution < 1.29 is 9.47 Å². The van der Waals surface area contributed by atoms with Gasteiger partial charge in [0.1, 0.15) is 23.0 Å². The zero-order valence-corrected chi connectivity index (χ0v) is 21.9. The van der Waals surface area contributed by atoms with Crippen LogP contribution >= 0.6 is 0 Å². The van der Waals surface area contributed by atoms with Crippen LogP contribution in [0.4, 0.5) is 0 Å². The first-order valence-corrected chi connectivity index (χ1v) is 13.8. The summed E-state index contributed by atoms with van der Waals surface area (Å²) in [5.74, 6) is 3.36. The van der Waals surface area contributed by atoms with Crippen molar-refractivity contribution in [3.05, 3.63) is 128 Å². The van der Waals surface area contributed by atoms with Crippen LogP contribution < -0.4 is 25.9 Å². The Kier molecular flexibility index (Phi) is 4.67. The van der Waals surface area contributed by atoms with Gasteiger partial charge in [-0.05, 0) is 70.2 Å². The molecule has 0 saturated heterocycles. The standard InChI is InChI=1S/C36H21BN2O2/c1-3-8-26-22(6-1)16-18-38-35(26)24-12-14-30-28(20-24)37-29-21-25(36-27-9-4-2-7-23(27)17-19-39-36)13-15-31(29)41-33-11-5-10-32(40-30)34(33)37/h1-21H. The van der Waals surface area contributed by atoms with E-state index in [0.29, 0.717) is 0 Å². The molecule has 0 radical (unpaired) electrons. The Bertz CT molecular complexity index is 2030. The zero-order valence-electron chi connectivity index (χ0n) is 21.9. The van der Waals surface area contributed by atoms with Crippen molar-refractivity contribution in [3.63, 3.8) is 0 Å². The average Bonchev–Trinajstić information content (AvgIpc) is 3.04. The second-order valence-corrected chi connectivity index (χ2v) is 10.6. The van der Waals surface area contributed by atoms with Gasteiger partial charge in [-0.15, -0.1) is 0 Å². The van der Waals surface area contributed by atoms with E-state index < -0.39 is 0 Å². The molecule has 0 aliphatic carbocycles. The van der Waals surface area contributed by atoms with Crippen molar-refractivity contribution in [3.8, 4) is 45.5 Å². The summed E-state index contributed by atoms with van der Waals surface area (Å²) in [4.78, 5) is 9.61. The number of fused-ring (bicyclic) bond motifs is 6. The molecule has 9 rings (SSSR count). The predicted molar refractivity (Wildman–Crippen MR) is 166 cm³/mol. The number of ether oxygens (including phenoxy) is 2. The Morgan fingerprint density at radius 2 is 0.976 bits per heavy atom. The van der Waals surface area contributed by atoms with Gasteiger partial charge in [0.25, 0.3) is 6.71 Å². The van der Waals surface area contributed by atoms with Crippen LogP contribution in [0.3, 0.4) is 0 Å². The smallest absolute Gasteiger partial charge is 0.260 e. The normalized spacial score (nSPS) is 12.7. The van der Waals surface area contributed by atoms with Crippen LogP contribution in [0.1, 0.15) is 0 Å². The van der Waals surface area contributed by atoms with Gasteiger partial charge >= 0.3 is 0 Å². The van der Waals surface area contributed by atoms with E-state index >= 15 is 0 Å². The lowest BCUT2D eigenvalue weighted by Gasteiger charge is -2.33. The highest BCUT2D eigenvalue weighted by atomic mass is 16.5. The second kappa shape index (κ2) is 8.54. The number of benzene rings is 5. The van der Waals surface area contributed by atoms with Crippen LogP contribution in [-0.2, 0) is 0 Å². The topological polar surface area (TPSA) is 44.2 Å². The van der Waals surface area contributed by atoms with E-state index in [1.165, 1.54) is 10.8 Å². The van der Waals surface area contributed by atoms with Gasteiger partial charge in [-0.3, -0.25) is 9.97 Å². The summed E-state index contributed by atoms with van der Waals surface area (Å²) in [6, 6.07) is 39.8. The van der Waals surface area contributed by atoms with Crippen molar-refractivity contribution in [2.75, 3.05) is 0 Å². The monoisotopic (exact) mass is 524 g/mol. The van der Waals surface area contributed by atoms with Crippen LogP contribution in [0.5, 0.6) is 23.0 Å². The van der Waals surface area contributed by atoms with E-state index in [-0.39, 0.29) is 6.71 Å². The van der Waals surface area contributed by atoms with Gasteiger partial charge in [0, 0.05) is 39.8 Å². The molecule has 0 fully saturated rings. The molecular formula is C36H21BN2O2. The Morgan fingerprint density at radius 1 is 0.463 bits per heavy atom. The van der Waals surface area contributed by atoms with E-state index in [2.05, 4.69) is 97.1 Å². The van der Waals surface area contributed by atoms with Gasteiger partial charge in [0.05, 0.1) is 11.4 Å². The van der Waals surface area contributed by atoms with E-state index in [9.17, 15) is 0 Å². The molecule has 0 saturated carbocycles. The molecule has 0 atom stereocenters. The second-order valence-electron chi connectivity index (χ2n) is 10.6. The van der Waals surface area contributed by atoms with Crippen LogP contribution in [0, 0.1) is 0 Å². The van der Waals surface area contributed by atoms with E-state index in [1.807, 2.05) is 30.6 Å². The van der Waals surface area contributed by atoms with Gasteiger partial charge in [0.2, 0.25) is 0 Å². The number of aromatic nitrogens is 2.